The van der Waals surface area contributed by atoms with Crippen molar-refractivity contribution in [2.75, 3.05) is 13.1 Å². The van der Waals surface area contributed by atoms with E-state index in [2.05, 4.69) is 30.1 Å². The predicted octanol–water partition coefficient (Wildman–Crippen LogP) is 6.34. The summed E-state index contributed by atoms with van der Waals surface area (Å²) in [5.41, 5.74) is 6.57. The van der Waals surface area contributed by atoms with Crippen LogP contribution in [-0.2, 0) is 6.54 Å². The van der Waals surface area contributed by atoms with Crippen LogP contribution in [0.5, 0.6) is 0 Å². The number of rotatable bonds is 6. The molecule has 2 N–H and O–H groups in total. The Hall–Kier alpha value is -4.35. The number of Topliss-reactive ketones (excluding diaryl/α,β-unsaturated/α-hetero) is 1. The van der Waals surface area contributed by atoms with E-state index in [1.54, 1.807) is 36.6 Å². The molecule has 7 heterocycles. The van der Waals surface area contributed by atoms with Crippen LogP contribution in [0.25, 0.3) is 54.9 Å². The zero-order valence-corrected chi connectivity index (χ0v) is 22.2. The molecular formula is C29H23F2N7OS. The lowest BCUT2D eigenvalue weighted by molar-refractivity contribution is 0.0115. The Balaban J connectivity index is 1.24. The van der Waals surface area contributed by atoms with Crippen molar-refractivity contribution in [3.05, 3.63) is 71.8 Å². The average molecular weight is 556 g/mol. The van der Waals surface area contributed by atoms with E-state index < -0.39 is 5.92 Å². The Bertz CT molecular complexity index is 1910. The second-order valence-electron chi connectivity index (χ2n) is 10.1. The van der Waals surface area contributed by atoms with E-state index in [-0.39, 0.29) is 18.7 Å². The number of carbonyl (C=O) groups excluding carboxylic acids is 1. The Labute approximate surface area is 231 Å². The second kappa shape index (κ2) is 9.39. The maximum Gasteiger partial charge on any atom is 0.261 e. The molecule has 0 aliphatic carbocycles. The van der Waals surface area contributed by atoms with Gasteiger partial charge in [0, 0.05) is 76.6 Å². The minimum absolute atomic E-state index is 0.0386. The molecule has 8 nitrogen and oxygen atoms in total. The summed E-state index contributed by atoms with van der Waals surface area (Å²) in [7, 11) is 0. The third-order valence-corrected chi connectivity index (χ3v) is 8.45. The summed E-state index contributed by atoms with van der Waals surface area (Å²) in [5, 5.41) is 9.33. The van der Waals surface area contributed by atoms with Crippen LogP contribution < -0.4 is 0 Å². The number of ketones is 1. The molecule has 7 rings (SSSR count). The van der Waals surface area contributed by atoms with E-state index in [0.29, 0.717) is 23.6 Å². The second-order valence-corrected chi connectivity index (χ2v) is 11.2. The normalized spacial score (nSPS) is 15.4. The average Bonchev–Trinajstić information content (AvgIpc) is 3.73. The number of likely N-dealkylation sites (tertiary alicyclic amines) is 1. The molecule has 11 heteroatoms. The number of nitrogens with zero attached hydrogens (tertiary/aromatic N) is 5. The van der Waals surface area contributed by atoms with Gasteiger partial charge in [-0.1, -0.05) is 0 Å². The van der Waals surface area contributed by atoms with E-state index in [1.165, 1.54) is 11.3 Å². The summed E-state index contributed by atoms with van der Waals surface area (Å²) in [6.45, 7) is 2.13. The molecule has 0 spiro atoms. The first-order valence-corrected chi connectivity index (χ1v) is 13.6. The number of thiophene rings is 1. The van der Waals surface area contributed by atoms with Crippen molar-refractivity contribution in [1.82, 2.24) is 35.0 Å². The SMILES string of the molecule is CC(=O)c1ccc(-c2cncc3[nH]c(-c4[nH]nc5ncc(-c6cncc(CN7CCC(F)(F)C7)c6)cc45)cc23)s1. The van der Waals surface area contributed by atoms with E-state index >= 15 is 0 Å². The fraction of sp³-hybridized carbons (Fsp3) is 0.207. The number of aromatic amines is 2. The van der Waals surface area contributed by atoms with Gasteiger partial charge in [0.2, 0.25) is 0 Å². The number of fused-ring (bicyclic) bond motifs is 2. The van der Waals surface area contributed by atoms with Crippen LogP contribution in [0.2, 0.25) is 0 Å². The molecule has 0 aromatic carbocycles. The quantitative estimate of drug-likeness (QED) is 0.233. The van der Waals surface area contributed by atoms with Gasteiger partial charge in [-0.2, -0.15) is 5.10 Å². The van der Waals surface area contributed by atoms with Crippen LogP contribution in [0.4, 0.5) is 8.78 Å². The fourth-order valence-electron chi connectivity index (χ4n) is 5.25. The Morgan fingerprint density at radius 3 is 2.70 bits per heavy atom. The van der Waals surface area contributed by atoms with Crippen molar-refractivity contribution < 1.29 is 13.6 Å². The lowest BCUT2D eigenvalue weighted by Gasteiger charge is -2.15. The van der Waals surface area contributed by atoms with Gasteiger partial charge in [0.1, 0.15) is 0 Å². The molecule has 1 saturated heterocycles. The van der Waals surface area contributed by atoms with Crippen LogP contribution in [0.3, 0.4) is 0 Å². The summed E-state index contributed by atoms with van der Waals surface area (Å²) in [6.07, 6.45) is 8.69. The molecule has 0 amide bonds. The highest BCUT2D eigenvalue weighted by Crippen LogP contribution is 2.37. The van der Waals surface area contributed by atoms with Crippen molar-refractivity contribution in [3.63, 3.8) is 0 Å². The summed E-state index contributed by atoms with van der Waals surface area (Å²) in [6, 6.07) is 9.82. The number of halogens is 2. The molecule has 0 radical (unpaired) electrons. The molecule has 1 aliphatic heterocycles. The molecule has 40 heavy (non-hydrogen) atoms. The van der Waals surface area contributed by atoms with Crippen LogP contribution in [0, 0.1) is 0 Å². The number of alkyl halides is 2. The van der Waals surface area contributed by atoms with E-state index in [4.69, 9.17) is 0 Å². The molecular weight excluding hydrogens is 532 g/mol. The summed E-state index contributed by atoms with van der Waals surface area (Å²) >= 11 is 1.45. The highest BCUT2D eigenvalue weighted by molar-refractivity contribution is 7.17. The predicted molar refractivity (Wildman–Crippen MR) is 150 cm³/mol. The highest BCUT2D eigenvalue weighted by atomic mass is 32.1. The fourth-order valence-corrected chi connectivity index (χ4v) is 6.17. The Morgan fingerprint density at radius 1 is 1.05 bits per heavy atom. The first-order chi connectivity index (χ1) is 19.3. The van der Waals surface area contributed by atoms with Crippen molar-refractivity contribution in [2.45, 2.75) is 25.8 Å². The molecule has 1 fully saturated rings. The maximum atomic E-state index is 13.7. The first-order valence-electron chi connectivity index (χ1n) is 12.8. The van der Waals surface area contributed by atoms with Gasteiger partial charge in [-0.15, -0.1) is 11.3 Å². The van der Waals surface area contributed by atoms with Gasteiger partial charge in [0.15, 0.2) is 11.4 Å². The molecule has 0 atom stereocenters. The molecule has 6 aromatic rings. The van der Waals surface area contributed by atoms with Gasteiger partial charge in [0.25, 0.3) is 5.92 Å². The number of nitrogens with one attached hydrogen (secondary N) is 2. The van der Waals surface area contributed by atoms with Gasteiger partial charge in [-0.3, -0.25) is 24.8 Å². The smallest absolute Gasteiger partial charge is 0.261 e. The third kappa shape index (κ3) is 4.46. The van der Waals surface area contributed by atoms with Gasteiger partial charge in [-0.05, 0) is 42.8 Å². The number of H-pyrrole nitrogens is 2. The number of hydrogen-bond acceptors (Lipinski definition) is 7. The zero-order valence-electron chi connectivity index (χ0n) is 21.4. The largest absolute Gasteiger partial charge is 0.352 e. The van der Waals surface area contributed by atoms with Gasteiger partial charge in [-0.25, -0.2) is 13.8 Å². The van der Waals surface area contributed by atoms with Crippen molar-refractivity contribution in [2.24, 2.45) is 0 Å². The standard InChI is InChI=1S/C29H23F2N7OS/c1-16(39)25-2-3-26(40-25)22-12-33-13-24-20(22)8-23(35-24)27-21-7-19(11-34-28(21)37-36-27)18-6-17(9-32-10-18)14-38-5-4-29(30,31)15-38/h2-3,6-13,35H,4-5,14-15H2,1H3,(H,34,36,37). The number of carbonyl (C=O) groups is 1. The molecule has 0 unspecified atom stereocenters. The minimum atomic E-state index is -2.63. The van der Waals surface area contributed by atoms with E-state index in [9.17, 15) is 13.6 Å². The number of aromatic nitrogens is 6. The lowest BCUT2D eigenvalue weighted by Crippen LogP contribution is -2.24. The number of hydrogen-bond donors (Lipinski definition) is 2. The topological polar surface area (TPSA) is 103 Å². The van der Waals surface area contributed by atoms with Crippen LogP contribution >= 0.6 is 11.3 Å². The summed E-state index contributed by atoms with van der Waals surface area (Å²) < 4.78 is 27.3. The summed E-state index contributed by atoms with van der Waals surface area (Å²) in [5.74, 6) is -2.59. The van der Waals surface area contributed by atoms with Crippen molar-refractivity contribution in [1.29, 1.82) is 0 Å². The highest BCUT2D eigenvalue weighted by Gasteiger charge is 2.37. The Morgan fingerprint density at radius 2 is 1.90 bits per heavy atom. The van der Waals surface area contributed by atoms with Crippen LogP contribution in [0.15, 0.2) is 61.3 Å². The van der Waals surface area contributed by atoms with E-state index in [1.807, 2.05) is 36.5 Å². The van der Waals surface area contributed by atoms with Crippen molar-refractivity contribution in [3.8, 4) is 33.0 Å². The van der Waals surface area contributed by atoms with E-state index in [0.717, 1.165) is 54.8 Å². The van der Waals surface area contributed by atoms with Gasteiger partial charge < -0.3 is 4.98 Å². The molecule has 0 saturated carbocycles. The lowest BCUT2D eigenvalue weighted by atomic mass is 10.1. The van der Waals surface area contributed by atoms with Crippen LogP contribution in [0.1, 0.15) is 28.6 Å². The summed E-state index contributed by atoms with van der Waals surface area (Å²) in [4.78, 5) is 32.0. The minimum Gasteiger partial charge on any atom is -0.352 e. The molecule has 200 valence electrons. The van der Waals surface area contributed by atoms with Gasteiger partial charge in [0.05, 0.1) is 34.5 Å². The van der Waals surface area contributed by atoms with Gasteiger partial charge >= 0.3 is 0 Å². The van der Waals surface area contributed by atoms with Crippen molar-refractivity contribution >= 4 is 39.1 Å². The zero-order chi connectivity index (χ0) is 27.4. The third-order valence-electron chi connectivity index (χ3n) is 7.23. The Kier molecular flexibility index (Phi) is 5.79. The van der Waals surface area contributed by atoms with Crippen LogP contribution in [-0.4, -0.2) is 59.8 Å². The molecule has 0 bridgehead atoms. The maximum absolute atomic E-state index is 13.7. The monoisotopic (exact) mass is 555 g/mol. The molecule has 6 aromatic heterocycles. The molecule has 1 aliphatic rings. The first kappa shape index (κ1) is 24.7. The number of pyridine rings is 3.